The van der Waals surface area contributed by atoms with Gasteiger partial charge in [0.1, 0.15) is 5.75 Å². The molecule has 1 aliphatic rings. The van der Waals surface area contributed by atoms with Gasteiger partial charge in [0.2, 0.25) is 0 Å². The fourth-order valence-electron chi connectivity index (χ4n) is 3.41. The lowest BCUT2D eigenvalue weighted by atomic mass is 10.1. The summed E-state index contributed by atoms with van der Waals surface area (Å²) in [5.74, 6) is 0.383. The molecule has 1 saturated heterocycles. The first-order chi connectivity index (χ1) is 15.4. The molecule has 168 valence electrons. The van der Waals surface area contributed by atoms with E-state index >= 15 is 0 Å². The van der Waals surface area contributed by atoms with Crippen molar-refractivity contribution in [2.24, 2.45) is 4.40 Å². The zero-order chi connectivity index (χ0) is 22.7. The molecule has 0 atom stereocenters. The molecular weight excluding hydrogens is 448 g/mol. The lowest BCUT2D eigenvalue weighted by Crippen LogP contribution is -2.38. The molecule has 1 aromatic heterocycles. The van der Waals surface area contributed by atoms with E-state index in [1.165, 1.54) is 16.2 Å². The van der Waals surface area contributed by atoms with Crippen molar-refractivity contribution in [1.29, 1.82) is 0 Å². The molecule has 0 radical (unpaired) electrons. The van der Waals surface area contributed by atoms with Crippen LogP contribution in [0.3, 0.4) is 0 Å². The summed E-state index contributed by atoms with van der Waals surface area (Å²) in [5.41, 5.74) is 1.67. The second-order valence-electron chi connectivity index (χ2n) is 7.55. The topological polar surface area (TPSA) is 93.9 Å². The Bertz CT molecular complexity index is 1270. The zero-order valence-corrected chi connectivity index (χ0v) is 19.5. The molecular formula is C22H24N4O4S2. The number of likely N-dealkylation sites (tertiary alicyclic amines) is 1. The fraction of sp³-hybridized carbons (Fsp3) is 0.318. The van der Waals surface area contributed by atoms with E-state index in [1.54, 1.807) is 48.4 Å². The first-order valence-electron chi connectivity index (χ1n) is 10.3. The van der Waals surface area contributed by atoms with Crippen LogP contribution in [0.4, 0.5) is 0 Å². The normalized spacial score (nSPS) is 15.1. The monoisotopic (exact) mass is 472 g/mol. The van der Waals surface area contributed by atoms with Crippen LogP contribution in [0.1, 0.15) is 35.3 Å². The average Bonchev–Trinajstić information content (AvgIpc) is 3.22. The second-order valence-corrected chi connectivity index (χ2v) is 10.1. The van der Waals surface area contributed by atoms with Crippen molar-refractivity contribution in [3.05, 3.63) is 64.5 Å². The molecule has 1 aliphatic heterocycles. The predicted molar refractivity (Wildman–Crippen MR) is 122 cm³/mol. The minimum atomic E-state index is -4.01. The minimum absolute atomic E-state index is 0.0448. The Kier molecular flexibility index (Phi) is 6.43. The van der Waals surface area contributed by atoms with Crippen molar-refractivity contribution in [1.82, 2.24) is 14.1 Å². The molecule has 8 nitrogen and oxygen atoms in total. The van der Waals surface area contributed by atoms with Gasteiger partial charge >= 0.3 is 0 Å². The third-order valence-electron chi connectivity index (χ3n) is 5.23. The molecule has 3 aromatic rings. The number of carbonyl (C=O) groups is 1. The van der Waals surface area contributed by atoms with Gasteiger partial charge in [-0.3, -0.25) is 4.79 Å². The summed E-state index contributed by atoms with van der Waals surface area (Å²) in [4.78, 5) is 15.0. The van der Waals surface area contributed by atoms with Gasteiger partial charge in [-0.05, 0) is 74.1 Å². The van der Waals surface area contributed by atoms with Crippen LogP contribution in [0.15, 0.2) is 57.8 Å². The Morgan fingerprint density at radius 1 is 1.03 bits per heavy atom. The zero-order valence-electron chi connectivity index (χ0n) is 17.9. The molecule has 1 amide bonds. The fourth-order valence-corrected chi connectivity index (χ4v) is 5.46. The van der Waals surface area contributed by atoms with Crippen LogP contribution in [-0.2, 0) is 10.0 Å². The smallest absolute Gasteiger partial charge is 0.283 e. The van der Waals surface area contributed by atoms with E-state index in [1.807, 2.05) is 6.92 Å². The highest BCUT2D eigenvalue weighted by Gasteiger charge is 2.25. The lowest BCUT2D eigenvalue weighted by Gasteiger charge is -2.25. The molecule has 0 bridgehead atoms. The van der Waals surface area contributed by atoms with E-state index in [0.717, 1.165) is 36.4 Å². The van der Waals surface area contributed by atoms with Crippen LogP contribution in [-0.4, -0.2) is 48.6 Å². The summed E-state index contributed by atoms with van der Waals surface area (Å²) in [6.07, 6.45) is 2.91. The van der Waals surface area contributed by atoms with Crippen molar-refractivity contribution in [3.8, 4) is 11.4 Å². The van der Waals surface area contributed by atoms with Crippen LogP contribution in [0.2, 0.25) is 0 Å². The maximum atomic E-state index is 13.2. The number of aryl methyl sites for hydroxylation is 1. The Hall–Kier alpha value is -2.98. The van der Waals surface area contributed by atoms with Gasteiger partial charge in [0, 0.05) is 13.1 Å². The number of hydrogen-bond donors (Lipinski definition) is 0. The predicted octanol–water partition coefficient (Wildman–Crippen LogP) is 3.17. The van der Waals surface area contributed by atoms with Crippen LogP contribution in [0.5, 0.6) is 5.75 Å². The molecule has 0 saturated carbocycles. The maximum absolute atomic E-state index is 13.2. The average molecular weight is 473 g/mol. The summed E-state index contributed by atoms with van der Waals surface area (Å²) in [7, 11) is -2.43. The summed E-state index contributed by atoms with van der Waals surface area (Å²) in [6, 6.07) is 13.6. The van der Waals surface area contributed by atoms with Crippen LogP contribution >= 0.6 is 11.5 Å². The van der Waals surface area contributed by atoms with Gasteiger partial charge in [-0.2, -0.15) is 12.5 Å². The van der Waals surface area contributed by atoms with Crippen molar-refractivity contribution < 1.29 is 17.9 Å². The number of aromatic nitrogens is 2. The van der Waals surface area contributed by atoms with Crippen molar-refractivity contribution in [2.75, 3.05) is 20.2 Å². The van der Waals surface area contributed by atoms with E-state index < -0.39 is 10.0 Å². The lowest BCUT2D eigenvalue weighted by molar-refractivity contribution is 0.0716. The van der Waals surface area contributed by atoms with Crippen molar-refractivity contribution in [2.45, 2.75) is 31.1 Å². The Balaban J connectivity index is 1.81. The third-order valence-corrected chi connectivity index (χ3v) is 7.56. The number of carbonyl (C=O) groups excluding carboxylic acids is 1. The van der Waals surface area contributed by atoms with Gasteiger partial charge in [-0.15, -0.1) is 9.50 Å². The number of piperidine rings is 1. The molecule has 1 fully saturated rings. The number of methoxy groups -OCH3 is 1. The molecule has 32 heavy (non-hydrogen) atoms. The highest BCUT2D eigenvalue weighted by Crippen LogP contribution is 2.18. The molecule has 2 aromatic carbocycles. The molecule has 0 N–H and O–H groups in total. The summed E-state index contributed by atoms with van der Waals surface area (Å²) >= 11 is 1.01. The first-order valence-corrected chi connectivity index (χ1v) is 12.5. The van der Waals surface area contributed by atoms with E-state index in [9.17, 15) is 13.2 Å². The quantitative estimate of drug-likeness (QED) is 0.569. The molecule has 10 heteroatoms. The van der Waals surface area contributed by atoms with Crippen molar-refractivity contribution >= 4 is 27.5 Å². The number of rotatable bonds is 5. The van der Waals surface area contributed by atoms with E-state index in [0.29, 0.717) is 24.5 Å². The van der Waals surface area contributed by atoms with Crippen molar-refractivity contribution in [3.63, 3.8) is 0 Å². The molecule has 2 heterocycles. The molecule has 0 aliphatic carbocycles. The first kappa shape index (κ1) is 22.2. The van der Waals surface area contributed by atoms with Gasteiger partial charge in [0.15, 0.2) is 10.4 Å². The summed E-state index contributed by atoms with van der Waals surface area (Å²) < 4.78 is 36.7. The minimum Gasteiger partial charge on any atom is -0.497 e. The van der Waals surface area contributed by atoms with E-state index in [-0.39, 0.29) is 21.2 Å². The molecule has 0 unspecified atom stereocenters. The highest BCUT2D eigenvalue weighted by molar-refractivity contribution is 7.90. The number of benzene rings is 2. The van der Waals surface area contributed by atoms with E-state index in [2.05, 4.69) is 9.50 Å². The van der Waals surface area contributed by atoms with Gasteiger partial charge in [0.05, 0.1) is 17.7 Å². The Labute approximate surface area is 191 Å². The number of nitrogens with zero attached hydrogens (tertiary/aromatic N) is 4. The number of amides is 1. The number of hydrogen-bond acceptors (Lipinski definition) is 6. The summed E-state index contributed by atoms with van der Waals surface area (Å²) in [6.45, 7) is 3.13. The Morgan fingerprint density at radius 2 is 1.69 bits per heavy atom. The number of ether oxygens (including phenoxy) is 1. The maximum Gasteiger partial charge on any atom is 0.283 e. The molecule has 0 spiro atoms. The van der Waals surface area contributed by atoms with Gasteiger partial charge in [-0.25, -0.2) is 0 Å². The SMILES string of the molecule is COc1ccc(-n2nc(C(=O)N3CCCCC3)/c(=N/S(=O)(=O)c3ccc(C)cc3)s2)cc1. The molecule has 4 rings (SSSR count). The highest BCUT2D eigenvalue weighted by atomic mass is 32.2. The largest absolute Gasteiger partial charge is 0.497 e. The second kappa shape index (κ2) is 9.25. The standard InChI is InChI=1S/C22H24N4O4S2/c1-16-6-12-19(13-7-16)32(28,29)24-21-20(22(27)25-14-4-3-5-15-25)23-26(31-21)17-8-10-18(30-2)11-9-17/h6-13H,3-5,14-15H2,1-2H3/b24-21-. The third kappa shape index (κ3) is 4.76. The summed E-state index contributed by atoms with van der Waals surface area (Å²) in [5, 5.41) is 4.45. The van der Waals surface area contributed by atoms with Crippen LogP contribution < -0.4 is 9.41 Å². The van der Waals surface area contributed by atoms with E-state index in [4.69, 9.17) is 4.74 Å². The van der Waals surface area contributed by atoms with Crippen LogP contribution in [0, 0.1) is 6.92 Å². The van der Waals surface area contributed by atoms with Gasteiger partial charge in [0.25, 0.3) is 15.9 Å². The Morgan fingerprint density at radius 3 is 2.31 bits per heavy atom. The van der Waals surface area contributed by atoms with Crippen LogP contribution in [0.25, 0.3) is 5.69 Å². The van der Waals surface area contributed by atoms with Gasteiger partial charge in [-0.1, -0.05) is 17.7 Å². The number of sulfonamides is 1. The van der Waals surface area contributed by atoms with Gasteiger partial charge < -0.3 is 9.64 Å².